The van der Waals surface area contributed by atoms with Crippen molar-refractivity contribution in [1.29, 1.82) is 0 Å². The number of thiocarbonyl (C=S) groups is 1. The van der Waals surface area contributed by atoms with Crippen molar-refractivity contribution in [2.75, 3.05) is 18.4 Å². The lowest BCUT2D eigenvalue weighted by atomic mass is 9.99. The van der Waals surface area contributed by atoms with E-state index >= 15 is 0 Å². The highest BCUT2D eigenvalue weighted by molar-refractivity contribution is 8.26. The van der Waals surface area contributed by atoms with Crippen molar-refractivity contribution >= 4 is 51.7 Å². The van der Waals surface area contributed by atoms with Gasteiger partial charge in [0.2, 0.25) is 0 Å². The molecule has 2 aromatic heterocycles. The van der Waals surface area contributed by atoms with E-state index in [1.54, 1.807) is 29.3 Å². The smallest absolute Gasteiger partial charge is 0.267 e. The molecule has 1 saturated heterocycles. The number of aromatic nitrogens is 2. The maximum absolute atomic E-state index is 13.3. The van der Waals surface area contributed by atoms with Crippen LogP contribution >= 0.6 is 24.0 Å². The summed E-state index contributed by atoms with van der Waals surface area (Å²) in [4.78, 5) is 33.3. The Morgan fingerprint density at radius 3 is 2.72 bits per heavy atom. The minimum Gasteiger partial charge on any atom is -0.369 e. The third-order valence-corrected chi connectivity index (χ3v) is 6.96. The van der Waals surface area contributed by atoms with Crippen LogP contribution in [0.15, 0.2) is 34.1 Å². The van der Waals surface area contributed by atoms with Gasteiger partial charge >= 0.3 is 0 Å². The Bertz CT molecular complexity index is 1080. The molecule has 6 nitrogen and oxygen atoms in total. The first-order valence-electron chi connectivity index (χ1n) is 11.4. The zero-order chi connectivity index (χ0) is 23.3. The summed E-state index contributed by atoms with van der Waals surface area (Å²) in [6.45, 7) is 9.82. The summed E-state index contributed by atoms with van der Waals surface area (Å²) in [5.41, 5.74) is 0.740. The summed E-state index contributed by atoms with van der Waals surface area (Å²) < 4.78 is 2.06. The molecule has 0 bridgehead atoms. The van der Waals surface area contributed by atoms with Crippen molar-refractivity contribution in [2.45, 2.75) is 53.4 Å². The number of carbonyl (C=O) groups is 1. The van der Waals surface area contributed by atoms with Gasteiger partial charge in [-0.1, -0.05) is 77.0 Å². The standard InChI is InChI=1S/C24H32N4O2S2/c1-5-7-10-17(6-2)15-28-23(30)19(32-24(28)31)13-18-21(25-14-16(3)4)26-20-11-8-9-12-27(20)22(18)29/h8-9,11-13,16-17,25H,5-7,10,14-15H2,1-4H3/b19-13+. The van der Waals surface area contributed by atoms with Crippen molar-refractivity contribution in [2.24, 2.45) is 11.8 Å². The lowest BCUT2D eigenvalue weighted by molar-refractivity contribution is -0.122. The molecule has 2 aromatic rings. The van der Waals surface area contributed by atoms with E-state index in [4.69, 9.17) is 12.2 Å². The fraction of sp³-hybridized carbons (Fsp3) is 0.500. The number of thioether (sulfide) groups is 1. The number of nitrogens with one attached hydrogen (secondary N) is 1. The number of pyridine rings is 1. The van der Waals surface area contributed by atoms with E-state index < -0.39 is 0 Å². The molecule has 1 aliphatic heterocycles. The summed E-state index contributed by atoms with van der Waals surface area (Å²) in [6.07, 6.45) is 7.73. The summed E-state index contributed by atoms with van der Waals surface area (Å²) in [5.74, 6) is 1.18. The molecule has 0 saturated carbocycles. The van der Waals surface area contributed by atoms with Gasteiger partial charge < -0.3 is 5.32 Å². The molecule has 1 amide bonds. The topological polar surface area (TPSA) is 66.7 Å². The summed E-state index contributed by atoms with van der Waals surface area (Å²) in [5, 5.41) is 3.29. The number of amides is 1. The quantitative estimate of drug-likeness (QED) is 0.380. The van der Waals surface area contributed by atoms with E-state index in [0.29, 0.717) is 51.2 Å². The van der Waals surface area contributed by atoms with Gasteiger partial charge in [-0.3, -0.25) is 18.9 Å². The molecular weight excluding hydrogens is 440 g/mol. The van der Waals surface area contributed by atoms with Gasteiger partial charge in [-0.25, -0.2) is 4.98 Å². The zero-order valence-corrected chi connectivity index (χ0v) is 20.9. The maximum atomic E-state index is 13.3. The van der Waals surface area contributed by atoms with Gasteiger partial charge in [0.05, 0.1) is 10.5 Å². The van der Waals surface area contributed by atoms with Gasteiger partial charge in [-0.15, -0.1) is 0 Å². The number of rotatable bonds is 10. The number of fused-ring (bicyclic) bond motifs is 1. The first-order valence-corrected chi connectivity index (χ1v) is 12.6. The van der Waals surface area contributed by atoms with Crippen LogP contribution < -0.4 is 10.9 Å². The number of unbranched alkanes of at least 4 members (excludes halogenated alkanes) is 1. The van der Waals surface area contributed by atoms with Crippen LogP contribution in [0, 0.1) is 11.8 Å². The van der Waals surface area contributed by atoms with Crippen LogP contribution in [0.4, 0.5) is 5.82 Å². The molecule has 1 aliphatic rings. The highest BCUT2D eigenvalue weighted by Crippen LogP contribution is 2.34. The largest absolute Gasteiger partial charge is 0.369 e. The van der Waals surface area contributed by atoms with Crippen LogP contribution in [0.2, 0.25) is 0 Å². The van der Waals surface area contributed by atoms with E-state index in [2.05, 4.69) is 38.0 Å². The second-order valence-electron chi connectivity index (χ2n) is 8.59. The van der Waals surface area contributed by atoms with Gasteiger partial charge in [0.1, 0.15) is 15.8 Å². The van der Waals surface area contributed by atoms with Crippen molar-refractivity contribution in [3.63, 3.8) is 0 Å². The maximum Gasteiger partial charge on any atom is 0.267 e. The normalized spacial score (nSPS) is 16.5. The molecule has 0 radical (unpaired) electrons. The van der Waals surface area contributed by atoms with Crippen LogP contribution in [0.1, 0.15) is 58.9 Å². The zero-order valence-electron chi connectivity index (χ0n) is 19.3. The number of nitrogens with zero attached hydrogens (tertiary/aromatic N) is 3. The summed E-state index contributed by atoms with van der Waals surface area (Å²) in [7, 11) is 0. The molecule has 3 rings (SSSR count). The highest BCUT2D eigenvalue weighted by Gasteiger charge is 2.33. The Morgan fingerprint density at radius 2 is 2.03 bits per heavy atom. The molecule has 1 atom stereocenters. The minimum absolute atomic E-state index is 0.123. The van der Waals surface area contributed by atoms with Crippen molar-refractivity contribution in [1.82, 2.24) is 14.3 Å². The molecule has 0 aliphatic carbocycles. The van der Waals surface area contributed by atoms with Gasteiger partial charge in [0.15, 0.2) is 0 Å². The SMILES string of the molecule is CCCCC(CC)CN1C(=O)/C(=C\c2c(NCC(C)C)nc3ccccn3c2=O)SC1=S. The van der Waals surface area contributed by atoms with E-state index in [9.17, 15) is 9.59 Å². The number of hydrogen-bond donors (Lipinski definition) is 1. The summed E-state index contributed by atoms with van der Waals surface area (Å²) >= 11 is 6.80. The van der Waals surface area contributed by atoms with Crippen LogP contribution in [0.25, 0.3) is 11.7 Å². The molecule has 1 unspecified atom stereocenters. The number of carbonyl (C=O) groups excluding carboxylic acids is 1. The van der Waals surface area contributed by atoms with Gasteiger partial charge in [-0.05, 0) is 36.5 Å². The Balaban J connectivity index is 1.96. The van der Waals surface area contributed by atoms with E-state index in [0.717, 1.165) is 25.7 Å². The van der Waals surface area contributed by atoms with Crippen LogP contribution in [-0.2, 0) is 4.79 Å². The van der Waals surface area contributed by atoms with Crippen LogP contribution in [0.5, 0.6) is 0 Å². The Kier molecular flexibility index (Phi) is 8.48. The Labute approximate surface area is 199 Å². The average Bonchev–Trinajstić information content (AvgIpc) is 3.04. The minimum atomic E-state index is -0.207. The third kappa shape index (κ3) is 5.59. The number of hydrogen-bond acceptors (Lipinski definition) is 6. The molecule has 1 N–H and O–H groups in total. The predicted octanol–water partition coefficient (Wildman–Crippen LogP) is 5.18. The second kappa shape index (κ2) is 11.1. The molecule has 1 fully saturated rings. The van der Waals surface area contributed by atoms with E-state index in [-0.39, 0.29) is 11.5 Å². The van der Waals surface area contributed by atoms with E-state index in [1.165, 1.54) is 16.2 Å². The van der Waals surface area contributed by atoms with Gasteiger partial charge in [0, 0.05) is 19.3 Å². The van der Waals surface area contributed by atoms with Crippen molar-refractivity contribution in [3.8, 4) is 0 Å². The molecular formula is C24H32N4O2S2. The highest BCUT2D eigenvalue weighted by atomic mass is 32.2. The third-order valence-electron chi connectivity index (χ3n) is 5.58. The van der Waals surface area contributed by atoms with E-state index in [1.807, 2.05) is 6.07 Å². The Hall–Kier alpha value is -2.19. The van der Waals surface area contributed by atoms with Crippen LogP contribution in [-0.4, -0.2) is 37.6 Å². The van der Waals surface area contributed by atoms with Crippen molar-refractivity contribution in [3.05, 3.63) is 45.2 Å². The predicted molar refractivity (Wildman–Crippen MR) is 138 cm³/mol. The first-order chi connectivity index (χ1) is 15.3. The fourth-order valence-corrected chi connectivity index (χ4v) is 4.89. The summed E-state index contributed by atoms with van der Waals surface area (Å²) in [6, 6.07) is 5.44. The van der Waals surface area contributed by atoms with Gasteiger partial charge in [0.25, 0.3) is 11.5 Å². The molecule has 172 valence electrons. The molecule has 3 heterocycles. The lowest BCUT2D eigenvalue weighted by Crippen LogP contribution is -2.33. The fourth-order valence-electron chi connectivity index (χ4n) is 3.63. The molecule has 0 spiro atoms. The lowest BCUT2D eigenvalue weighted by Gasteiger charge is -2.21. The number of anilines is 1. The molecule has 32 heavy (non-hydrogen) atoms. The monoisotopic (exact) mass is 472 g/mol. The molecule has 0 aromatic carbocycles. The second-order valence-corrected chi connectivity index (χ2v) is 10.3. The van der Waals surface area contributed by atoms with Crippen LogP contribution in [0.3, 0.4) is 0 Å². The first kappa shape index (κ1) is 24.5. The molecule has 8 heteroatoms. The average molecular weight is 473 g/mol. The van der Waals surface area contributed by atoms with Crippen molar-refractivity contribution < 1.29 is 4.79 Å². The van der Waals surface area contributed by atoms with Gasteiger partial charge in [-0.2, -0.15) is 0 Å². The Morgan fingerprint density at radius 1 is 1.25 bits per heavy atom.